The molecular weight excluding hydrogens is 492 g/mol. The molecule has 0 spiro atoms. The van der Waals surface area contributed by atoms with Crippen molar-refractivity contribution in [3.05, 3.63) is 82.4 Å². The number of pyridine rings is 1. The van der Waals surface area contributed by atoms with Crippen LogP contribution in [0, 0.1) is 0 Å². The van der Waals surface area contributed by atoms with Crippen molar-refractivity contribution in [3.63, 3.8) is 0 Å². The smallest absolute Gasteiger partial charge is 0.254 e. The van der Waals surface area contributed by atoms with Gasteiger partial charge in [0.1, 0.15) is 5.75 Å². The van der Waals surface area contributed by atoms with Gasteiger partial charge in [-0.25, -0.2) is 0 Å². The van der Waals surface area contributed by atoms with E-state index in [2.05, 4.69) is 28.6 Å². The molecule has 2 aromatic heterocycles. The summed E-state index contributed by atoms with van der Waals surface area (Å²) in [6, 6.07) is 15.9. The van der Waals surface area contributed by atoms with Crippen molar-refractivity contribution >= 4 is 16.8 Å². The van der Waals surface area contributed by atoms with Crippen LogP contribution in [0.1, 0.15) is 57.6 Å². The highest BCUT2D eigenvalue weighted by molar-refractivity contribution is 5.89. The number of aliphatic hydroxyl groups is 1. The van der Waals surface area contributed by atoms with Crippen molar-refractivity contribution < 1.29 is 14.6 Å². The molecule has 0 atom stereocenters. The summed E-state index contributed by atoms with van der Waals surface area (Å²) in [5, 5.41) is 19.7. The normalized spacial score (nSPS) is 17.8. The van der Waals surface area contributed by atoms with Crippen LogP contribution in [0.4, 0.5) is 0 Å². The molecule has 1 aliphatic rings. The Morgan fingerprint density at radius 3 is 2.51 bits per heavy atom. The van der Waals surface area contributed by atoms with Gasteiger partial charge in [0, 0.05) is 43.2 Å². The first-order chi connectivity index (χ1) is 18.6. The Morgan fingerprint density at radius 2 is 1.85 bits per heavy atom. The molecule has 1 amide bonds. The number of benzene rings is 2. The number of amides is 1. The number of hydrogen-bond donors (Lipinski definition) is 2. The number of nitrogens with one attached hydrogen (secondary N) is 1. The maximum Gasteiger partial charge on any atom is 0.254 e. The molecule has 2 N–H and O–H groups in total. The Hall–Kier alpha value is -3.91. The minimum atomic E-state index is -1.11. The monoisotopic (exact) mass is 528 g/mol. The predicted octanol–water partition coefficient (Wildman–Crippen LogP) is 4.50. The number of nitrogens with zero attached hydrogens (tertiary/aromatic N) is 3. The third kappa shape index (κ3) is 5.91. The van der Waals surface area contributed by atoms with E-state index in [0.717, 1.165) is 58.8 Å². The van der Waals surface area contributed by atoms with E-state index in [9.17, 15) is 14.7 Å². The Labute approximate surface area is 228 Å². The van der Waals surface area contributed by atoms with Gasteiger partial charge in [-0.1, -0.05) is 30.3 Å². The van der Waals surface area contributed by atoms with Gasteiger partial charge in [-0.15, -0.1) is 0 Å². The van der Waals surface area contributed by atoms with Crippen LogP contribution in [-0.4, -0.2) is 37.5 Å². The number of rotatable bonds is 7. The summed E-state index contributed by atoms with van der Waals surface area (Å²) in [4.78, 5) is 24.1. The third-order valence-corrected chi connectivity index (χ3v) is 7.47. The fourth-order valence-corrected chi connectivity index (χ4v) is 5.44. The van der Waals surface area contributed by atoms with Crippen LogP contribution in [0.3, 0.4) is 0 Å². The van der Waals surface area contributed by atoms with E-state index in [1.54, 1.807) is 50.8 Å². The van der Waals surface area contributed by atoms with E-state index < -0.39 is 5.60 Å². The Balaban J connectivity index is 1.55. The molecule has 39 heavy (non-hydrogen) atoms. The molecule has 0 bridgehead atoms. The van der Waals surface area contributed by atoms with E-state index in [-0.39, 0.29) is 23.6 Å². The number of fused-ring (bicyclic) bond motifs is 1. The number of aromatic nitrogens is 3. The van der Waals surface area contributed by atoms with Crippen molar-refractivity contribution in [2.75, 3.05) is 0 Å². The van der Waals surface area contributed by atoms with Crippen LogP contribution in [-0.2, 0) is 24.0 Å². The minimum absolute atomic E-state index is 0.0160. The van der Waals surface area contributed by atoms with Crippen molar-refractivity contribution in [2.24, 2.45) is 7.05 Å². The highest BCUT2D eigenvalue weighted by atomic mass is 16.5. The number of ether oxygens (including phenoxy) is 1. The second-order valence-electron chi connectivity index (χ2n) is 11.1. The van der Waals surface area contributed by atoms with Gasteiger partial charge in [-0.05, 0) is 68.4 Å². The number of aryl methyl sites for hydroxylation is 1. The van der Waals surface area contributed by atoms with Crippen LogP contribution in [0.5, 0.6) is 5.75 Å². The second kappa shape index (κ2) is 10.7. The summed E-state index contributed by atoms with van der Waals surface area (Å²) in [6.45, 7) is 5.67. The standard InChI is InChI=1S/C31H36N4O4/c1-20(36)33-23-10-12-24(13-11-23)39-29-16-30(37)34(4)19-26(29)22-14-27(31(2,3)38)25-17-32-35(28(25)15-22)18-21-8-6-5-7-9-21/h5-9,14-17,19,23-24,38H,10-13,18H2,1-4H3,(H,33,36). The highest BCUT2D eigenvalue weighted by Gasteiger charge is 2.26. The highest BCUT2D eigenvalue weighted by Crippen LogP contribution is 2.38. The summed E-state index contributed by atoms with van der Waals surface area (Å²) in [5.74, 6) is 0.508. The zero-order valence-corrected chi connectivity index (χ0v) is 23.0. The molecule has 1 aliphatic carbocycles. The number of carbonyl (C=O) groups is 1. The SMILES string of the molecule is CC(=O)NC1CCC(Oc2cc(=O)n(C)cc2-c2cc(C(C)(C)O)c3cnn(Cc4ccccc4)c3c2)CC1. The van der Waals surface area contributed by atoms with Crippen LogP contribution >= 0.6 is 0 Å². The summed E-state index contributed by atoms with van der Waals surface area (Å²) < 4.78 is 9.95. The fraction of sp³-hybridized carbons (Fsp3) is 0.387. The van der Waals surface area contributed by atoms with E-state index in [0.29, 0.717) is 12.3 Å². The van der Waals surface area contributed by atoms with E-state index in [1.807, 2.05) is 28.9 Å². The van der Waals surface area contributed by atoms with Gasteiger partial charge in [-0.2, -0.15) is 5.10 Å². The Bertz CT molecular complexity index is 1540. The average Bonchev–Trinajstić information content (AvgIpc) is 3.29. The van der Waals surface area contributed by atoms with Gasteiger partial charge >= 0.3 is 0 Å². The van der Waals surface area contributed by atoms with Crippen molar-refractivity contribution in [1.82, 2.24) is 19.7 Å². The number of carbonyl (C=O) groups excluding carboxylic acids is 1. The fourth-order valence-electron chi connectivity index (χ4n) is 5.44. The maximum absolute atomic E-state index is 12.7. The molecule has 2 aromatic carbocycles. The Kier molecular flexibility index (Phi) is 7.32. The van der Waals surface area contributed by atoms with Crippen LogP contribution in [0.15, 0.2) is 65.7 Å². The van der Waals surface area contributed by atoms with E-state index in [4.69, 9.17) is 4.74 Å². The molecule has 4 aromatic rings. The van der Waals surface area contributed by atoms with Crippen LogP contribution in [0.2, 0.25) is 0 Å². The first-order valence-electron chi connectivity index (χ1n) is 13.5. The lowest BCUT2D eigenvalue weighted by atomic mass is 9.91. The average molecular weight is 529 g/mol. The lowest BCUT2D eigenvalue weighted by molar-refractivity contribution is -0.120. The molecule has 8 nitrogen and oxygen atoms in total. The molecule has 5 rings (SSSR count). The summed E-state index contributed by atoms with van der Waals surface area (Å²) in [7, 11) is 1.73. The third-order valence-electron chi connectivity index (χ3n) is 7.47. The predicted molar refractivity (Wildman–Crippen MR) is 152 cm³/mol. The van der Waals surface area contributed by atoms with Crippen LogP contribution < -0.4 is 15.6 Å². The number of hydrogen-bond acceptors (Lipinski definition) is 5. The topological polar surface area (TPSA) is 98.4 Å². The molecule has 1 saturated carbocycles. The zero-order chi connectivity index (χ0) is 27.7. The summed E-state index contributed by atoms with van der Waals surface area (Å²) in [5.41, 5.74) is 3.12. The summed E-state index contributed by atoms with van der Waals surface area (Å²) >= 11 is 0. The largest absolute Gasteiger partial charge is 0.490 e. The molecule has 8 heteroatoms. The molecule has 0 unspecified atom stereocenters. The van der Waals surface area contributed by atoms with E-state index in [1.165, 1.54) is 0 Å². The molecule has 0 radical (unpaired) electrons. The molecule has 204 valence electrons. The zero-order valence-electron chi connectivity index (χ0n) is 23.0. The van der Waals surface area contributed by atoms with Crippen molar-refractivity contribution in [3.8, 4) is 16.9 Å². The lowest BCUT2D eigenvalue weighted by Gasteiger charge is -2.30. The van der Waals surface area contributed by atoms with Crippen molar-refractivity contribution in [2.45, 2.75) is 70.7 Å². The molecule has 0 saturated heterocycles. The van der Waals surface area contributed by atoms with Gasteiger partial charge in [0.25, 0.3) is 5.56 Å². The van der Waals surface area contributed by atoms with Gasteiger partial charge in [0.2, 0.25) is 5.91 Å². The van der Waals surface area contributed by atoms with Gasteiger partial charge < -0.3 is 19.7 Å². The minimum Gasteiger partial charge on any atom is -0.490 e. The molecular formula is C31H36N4O4. The first kappa shape index (κ1) is 26.7. The van der Waals surface area contributed by atoms with Gasteiger partial charge in [0.05, 0.1) is 30.0 Å². The van der Waals surface area contributed by atoms with Gasteiger partial charge in [0.15, 0.2) is 0 Å². The summed E-state index contributed by atoms with van der Waals surface area (Å²) in [6.07, 6.45) is 6.79. The molecule has 2 heterocycles. The molecule has 0 aliphatic heterocycles. The van der Waals surface area contributed by atoms with Crippen LogP contribution in [0.25, 0.3) is 22.0 Å². The second-order valence-corrected chi connectivity index (χ2v) is 11.1. The Morgan fingerprint density at radius 1 is 1.13 bits per heavy atom. The quantitative estimate of drug-likeness (QED) is 0.368. The van der Waals surface area contributed by atoms with Gasteiger partial charge in [-0.3, -0.25) is 14.3 Å². The lowest BCUT2D eigenvalue weighted by Crippen LogP contribution is -2.38. The maximum atomic E-state index is 12.7. The van der Waals surface area contributed by atoms with Crippen molar-refractivity contribution in [1.29, 1.82) is 0 Å². The molecule has 1 fully saturated rings. The van der Waals surface area contributed by atoms with E-state index >= 15 is 0 Å². The first-order valence-corrected chi connectivity index (χ1v) is 13.5.